The minimum Gasteiger partial charge on any atom is -0.504 e. The maximum Gasteiger partial charge on any atom is 0.435 e. The van der Waals surface area contributed by atoms with Crippen LogP contribution in [0.3, 0.4) is 0 Å². The van der Waals surface area contributed by atoms with Gasteiger partial charge < -0.3 is 22.9 Å². The molecule has 0 radical (unpaired) electrons. The molecule has 35 heavy (non-hydrogen) atoms. The Hall–Kier alpha value is -3.34. The number of hydrogen-bond acceptors (Lipinski definition) is 5. The maximum absolute atomic E-state index is 12.7. The second-order valence-electron chi connectivity index (χ2n) is 6.69. The first-order chi connectivity index (χ1) is 15.5. The van der Waals surface area contributed by atoms with Gasteiger partial charge in [0.25, 0.3) is 0 Å². The van der Waals surface area contributed by atoms with E-state index in [1.165, 1.54) is 0 Å². The van der Waals surface area contributed by atoms with E-state index in [1.807, 2.05) is 0 Å². The average molecular weight is 562 g/mol. The Kier molecular flexibility index (Phi) is 5.16. The summed E-state index contributed by atoms with van der Waals surface area (Å²) >= 11 is 0. The van der Waals surface area contributed by atoms with Crippen LogP contribution in [0.2, 0.25) is 0 Å². The van der Waals surface area contributed by atoms with Gasteiger partial charge in [0.05, 0.1) is 0 Å². The standard InChI is InChI=1S/C18H12F10O5S2/c19-34(20,21,22,23)32-17-7-3-1-5-15(17)30-12-9-10-14(13(29)11-12)31-16-6-2-4-8-18(16)33-35(24,25,26,27)28/h1-11,29H. The molecule has 3 aromatic rings. The normalized spacial score (nSPS) is 16.2. The van der Waals surface area contributed by atoms with Crippen molar-refractivity contribution < 1.29 is 61.8 Å². The largest absolute Gasteiger partial charge is 0.504 e. The summed E-state index contributed by atoms with van der Waals surface area (Å²) in [5, 5.41) is 10.1. The summed E-state index contributed by atoms with van der Waals surface area (Å²) < 4.78 is 143. The number of benzene rings is 3. The first kappa shape index (κ1) is 26.3. The van der Waals surface area contributed by atoms with E-state index in [1.54, 1.807) is 0 Å². The number of phenols is 1. The van der Waals surface area contributed by atoms with E-state index in [9.17, 15) is 44.0 Å². The molecule has 17 heteroatoms. The lowest BCUT2D eigenvalue weighted by Crippen LogP contribution is -2.14. The molecule has 3 aromatic carbocycles. The molecule has 0 aliphatic carbocycles. The molecule has 0 aliphatic heterocycles. The fourth-order valence-electron chi connectivity index (χ4n) is 2.44. The van der Waals surface area contributed by atoms with Gasteiger partial charge in [0, 0.05) is 6.07 Å². The summed E-state index contributed by atoms with van der Waals surface area (Å²) in [5.41, 5.74) is 0. The zero-order chi connectivity index (χ0) is 26.5. The number of ether oxygens (including phenoxy) is 2. The molecule has 0 heterocycles. The highest BCUT2D eigenvalue weighted by atomic mass is 32.5. The predicted molar refractivity (Wildman–Crippen MR) is 109 cm³/mol. The van der Waals surface area contributed by atoms with Gasteiger partial charge in [-0.2, -0.15) is 0 Å². The second kappa shape index (κ2) is 6.87. The van der Waals surface area contributed by atoms with Crippen molar-refractivity contribution in [2.24, 2.45) is 0 Å². The van der Waals surface area contributed by atoms with E-state index in [0.29, 0.717) is 18.2 Å². The highest BCUT2D eigenvalue weighted by Gasteiger charge is 2.68. The van der Waals surface area contributed by atoms with E-state index >= 15 is 0 Å². The van der Waals surface area contributed by atoms with Crippen molar-refractivity contribution in [2.45, 2.75) is 0 Å². The molecule has 0 spiro atoms. The molecule has 196 valence electrons. The van der Waals surface area contributed by atoms with E-state index < -0.39 is 61.3 Å². The van der Waals surface area contributed by atoms with Crippen LogP contribution in [0.25, 0.3) is 0 Å². The van der Waals surface area contributed by atoms with Crippen LogP contribution < -0.4 is 17.8 Å². The van der Waals surface area contributed by atoms with Crippen molar-refractivity contribution in [3.8, 4) is 40.2 Å². The zero-order valence-electron chi connectivity index (χ0n) is 16.5. The highest BCUT2D eigenvalue weighted by molar-refractivity contribution is 8.42. The second-order valence-corrected chi connectivity index (χ2v) is 10.6. The predicted octanol–water partition coefficient (Wildman–Crippen LogP) is 10.2. The van der Waals surface area contributed by atoms with Gasteiger partial charge in [0.1, 0.15) is 5.75 Å². The van der Waals surface area contributed by atoms with Gasteiger partial charge in [0.2, 0.25) is 0 Å². The molecule has 0 atom stereocenters. The molecule has 1 N–H and O–H groups in total. The van der Waals surface area contributed by atoms with Crippen LogP contribution in [0, 0.1) is 0 Å². The first-order valence-electron chi connectivity index (χ1n) is 8.72. The Labute approximate surface area is 190 Å². The number of rotatable bonds is 8. The summed E-state index contributed by atoms with van der Waals surface area (Å²) in [6, 6.07) is 9.30. The molecule has 0 unspecified atom stereocenters. The summed E-state index contributed by atoms with van der Waals surface area (Å²) in [5.74, 6) is -6.45. The van der Waals surface area contributed by atoms with Crippen LogP contribution >= 0.6 is 21.0 Å². The molecule has 0 aliphatic rings. The molecule has 3 rings (SSSR count). The molecular weight excluding hydrogens is 550 g/mol. The molecule has 0 fully saturated rings. The summed E-state index contributed by atoms with van der Waals surface area (Å²) in [6.45, 7) is 0. The topological polar surface area (TPSA) is 57.2 Å². The van der Waals surface area contributed by atoms with Crippen LogP contribution in [0.4, 0.5) is 38.9 Å². The lowest BCUT2D eigenvalue weighted by molar-refractivity contribution is 0.235. The van der Waals surface area contributed by atoms with Crippen LogP contribution in [0.15, 0.2) is 66.7 Å². The Morgan fingerprint density at radius 1 is 0.486 bits per heavy atom. The zero-order valence-corrected chi connectivity index (χ0v) is 18.2. The maximum atomic E-state index is 12.7. The van der Waals surface area contributed by atoms with Crippen LogP contribution in [0.1, 0.15) is 0 Å². The van der Waals surface area contributed by atoms with Gasteiger partial charge >= 0.3 is 21.0 Å². The van der Waals surface area contributed by atoms with E-state index in [2.05, 4.69) is 8.37 Å². The fraction of sp³-hybridized carbons (Fsp3) is 0. The summed E-state index contributed by atoms with van der Waals surface area (Å²) in [4.78, 5) is 0. The SMILES string of the molecule is Oc1cc(Oc2ccccc2OS(F)(F)(F)(F)F)ccc1Oc1ccccc1OS(F)(F)(F)(F)F. The Morgan fingerprint density at radius 2 is 0.886 bits per heavy atom. The van der Waals surface area contributed by atoms with Crippen molar-refractivity contribution in [1.29, 1.82) is 0 Å². The smallest absolute Gasteiger partial charge is 0.435 e. The molecule has 0 saturated carbocycles. The summed E-state index contributed by atoms with van der Waals surface area (Å²) in [6.07, 6.45) is 0. The third kappa shape index (κ3) is 8.75. The quantitative estimate of drug-likeness (QED) is 0.277. The number of halogens is 10. The number of hydrogen-bond donors (Lipinski definition) is 1. The Bertz CT molecular complexity index is 1280. The van der Waals surface area contributed by atoms with Crippen molar-refractivity contribution in [3.05, 3.63) is 66.7 Å². The van der Waals surface area contributed by atoms with Gasteiger partial charge in [-0.05, 0) is 36.4 Å². The lowest BCUT2D eigenvalue weighted by Gasteiger charge is -2.39. The number of phenolic OH excluding ortho intramolecular Hbond substituents is 1. The van der Waals surface area contributed by atoms with Gasteiger partial charge in [-0.3, -0.25) is 0 Å². The van der Waals surface area contributed by atoms with Crippen molar-refractivity contribution in [1.82, 2.24) is 0 Å². The highest BCUT2D eigenvalue weighted by Crippen LogP contribution is 2.98. The van der Waals surface area contributed by atoms with Crippen LogP contribution in [0.5, 0.6) is 40.2 Å². The van der Waals surface area contributed by atoms with Crippen molar-refractivity contribution in [2.75, 3.05) is 0 Å². The molecule has 0 aromatic heterocycles. The monoisotopic (exact) mass is 562 g/mol. The molecule has 0 bridgehead atoms. The molecule has 0 saturated heterocycles. The van der Waals surface area contributed by atoms with E-state index in [-0.39, 0.29) is 0 Å². The Morgan fingerprint density at radius 3 is 1.29 bits per heavy atom. The minimum atomic E-state index is -10.4. The number of aromatic hydroxyl groups is 1. The van der Waals surface area contributed by atoms with Gasteiger partial charge in [-0.15, -0.1) is 0 Å². The lowest BCUT2D eigenvalue weighted by atomic mass is 10.2. The summed E-state index contributed by atoms with van der Waals surface area (Å²) in [7, 11) is -20.7. The minimum absolute atomic E-state index is 0.440. The van der Waals surface area contributed by atoms with Gasteiger partial charge in [0.15, 0.2) is 34.5 Å². The Balaban J connectivity index is 1.86. The number of para-hydroxylation sites is 4. The third-order valence-corrected chi connectivity index (χ3v) is 4.56. The van der Waals surface area contributed by atoms with Crippen LogP contribution in [-0.2, 0) is 0 Å². The van der Waals surface area contributed by atoms with Crippen molar-refractivity contribution in [3.63, 3.8) is 0 Å². The average Bonchev–Trinajstić information content (AvgIpc) is 2.62. The van der Waals surface area contributed by atoms with Gasteiger partial charge in [-0.1, -0.05) is 63.1 Å². The third-order valence-electron chi connectivity index (χ3n) is 3.57. The van der Waals surface area contributed by atoms with Crippen molar-refractivity contribution >= 4 is 21.0 Å². The molecule has 5 nitrogen and oxygen atoms in total. The molecule has 0 amide bonds. The van der Waals surface area contributed by atoms with Gasteiger partial charge in [-0.25, -0.2) is 0 Å². The van der Waals surface area contributed by atoms with E-state index in [0.717, 1.165) is 48.5 Å². The first-order valence-corrected chi connectivity index (χ1v) is 12.5. The fourth-order valence-corrected chi connectivity index (χ4v) is 3.39. The van der Waals surface area contributed by atoms with E-state index in [4.69, 9.17) is 9.47 Å². The van der Waals surface area contributed by atoms with Crippen LogP contribution in [-0.4, -0.2) is 5.11 Å². The molecular formula is C18H12F10O5S2.